The second-order valence-electron chi connectivity index (χ2n) is 6.97. The van der Waals surface area contributed by atoms with Crippen molar-refractivity contribution in [1.29, 1.82) is 0 Å². The quantitative estimate of drug-likeness (QED) is 0.470. The van der Waals surface area contributed by atoms with Crippen LogP contribution in [0.5, 0.6) is 11.5 Å². The van der Waals surface area contributed by atoms with E-state index in [1.54, 1.807) is 18.2 Å². The maximum Gasteiger partial charge on any atom is 0.231 e. The van der Waals surface area contributed by atoms with Gasteiger partial charge in [-0.15, -0.1) is 0 Å². The van der Waals surface area contributed by atoms with Gasteiger partial charge in [0.1, 0.15) is 11.6 Å². The summed E-state index contributed by atoms with van der Waals surface area (Å²) in [5.41, 5.74) is 0.831. The molecule has 0 N–H and O–H groups in total. The number of carbonyl (C=O) groups excluding carboxylic acids is 4. The van der Waals surface area contributed by atoms with Gasteiger partial charge in [0.05, 0.1) is 17.7 Å². The normalized spacial score (nSPS) is 11.8. The molecule has 2 aromatic carbocycles. The zero-order chi connectivity index (χ0) is 23.2. The average Bonchev–Trinajstić information content (AvgIpc) is 3.14. The summed E-state index contributed by atoms with van der Waals surface area (Å²) < 4.78 is 32.6. The Labute approximate surface area is 180 Å². The minimum absolute atomic E-state index is 0.0698. The first kappa shape index (κ1) is 23.9. The predicted molar refractivity (Wildman–Crippen MR) is 111 cm³/mol. The Balaban J connectivity index is 0.000000220. The molecule has 0 amide bonds. The summed E-state index contributed by atoms with van der Waals surface area (Å²) in [7, 11) is -3.25. The summed E-state index contributed by atoms with van der Waals surface area (Å²) in [6.45, 7) is 2.91. The molecule has 8 nitrogen and oxygen atoms in total. The molecule has 1 heterocycles. The van der Waals surface area contributed by atoms with Crippen LogP contribution in [-0.4, -0.2) is 44.6 Å². The smallest absolute Gasteiger partial charge is 0.231 e. The van der Waals surface area contributed by atoms with Gasteiger partial charge in [-0.05, 0) is 44.2 Å². The van der Waals surface area contributed by atoms with E-state index >= 15 is 0 Å². The lowest BCUT2D eigenvalue weighted by molar-refractivity contribution is -0.117. The minimum atomic E-state index is -3.25. The number of rotatable bonds is 7. The summed E-state index contributed by atoms with van der Waals surface area (Å²) in [6.07, 6.45) is 0.872. The lowest BCUT2D eigenvalue weighted by atomic mass is 10.1. The SMILES string of the molecule is CC(=O)CC(=O)c1ccc(S(C)(=O)=O)cc1.CC(=O)CC(=O)c1ccc2c(c1)OCO2. The first-order valence-corrected chi connectivity index (χ1v) is 11.1. The number of carbonyl (C=O) groups is 4. The molecule has 0 aliphatic carbocycles. The van der Waals surface area contributed by atoms with Crippen molar-refractivity contribution in [2.75, 3.05) is 13.0 Å². The van der Waals surface area contributed by atoms with Gasteiger partial charge >= 0.3 is 0 Å². The molecule has 0 fully saturated rings. The highest BCUT2D eigenvalue weighted by Gasteiger charge is 2.16. The van der Waals surface area contributed by atoms with Gasteiger partial charge in [0, 0.05) is 17.4 Å². The monoisotopic (exact) mass is 446 g/mol. The number of hydrogen-bond donors (Lipinski definition) is 0. The third-order valence-electron chi connectivity index (χ3n) is 4.12. The van der Waals surface area contributed by atoms with Crippen LogP contribution < -0.4 is 9.47 Å². The molecule has 0 aromatic heterocycles. The topological polar surface area (TPSA) is 121 Å². The van der Waals surface area contributed by atoms with Crippen LogP contribution in [-0.2, 0) is 19.4 Å². The fraction of sp³-hybridized carbons (Fsp3) is 0.273. The van der Waals surface area contributed by atoms with Gasteiger partial charge < -0.3 is 9.47 Å². The molecule has 31 heavy (non-hydrogen) atoms. The first-order chi connectivity index (χ1) is 14.5. The second kappa shape index (κ2) is 10.1. The van der Waals surface area contributed by atoms with E-state index in [1.807, 2.05) is 0 Å². The maximum atomic E-state index is 11.5. The Hall–Kier alpha value is -3.33. The highest BCUT2D eigenvalue weighted by atomic mass is 32.2. The zero-order valence-corrected chi connectivity index (χ0v) is 18.2. The molecular weight excluding hydrogens is 424 g/mol. The van der Waals surface area contributed by atoms with Crippen LogP contribution in [0, 0.1) is 0 Å². The third kappa shape index (κ3) is 7.14. The van der Waals surface area contributed by atoms with Crippen LogP contribution in [0.1, 0.15) is 47.4 Å². The molecule has 1 aliphatic heterocycles. The van der Waals surface area contributed by atoms with Crippen molar-refractivity contribution in [3.63, 3.8) is 0 Å². The molecule has 2 aromatic rings. The van der Waals surface area contributed by atoms with E-state index in [-0.39, 0.29) is 47.7 Å². The van der Waals surface area contributed by atoms with Crippen LogP contribution in [0.15, 0.2) is 47.4 Å². The third-order valence-corrected chi connectivity index (χ3v) is 5.25. The number of Topliss-reactive ketones (excluding diaryl/α,β-unsaturated/α-hetero) is 4. The standard InChI is InChI=1S/C11H12O4S.C11H10O4/c1-8(12)7-11(13)9-3-5-10(6-4-9)16(2,14)15;1-7(12)4-9(13)8-2-3-10-11(5-8)15-6-14-10/h3-6H,7H2,1-2H3;2-3,5H,4,6H2,1H3. The number of ketones is 4. The number of sulfone groups is 1. The van der Waals surface area contributed by atoms with Crippen molar-refractivity contribution in [1.82, 2.24) is 0 Å². The van der Waals surface area contributed by atoms with E-state index < -0.39 is 9.84 Å². The predicted octanol–water partition coefficient (Wildman–Crippen LogP) is 2.83. The first-order valence-electron chi connectivity index (χ1n) is 9.22. The van der Waals surface area contributed by atoms with Gasteiger partial charge in [-0.2, -0.15) is 0 Å². The molecule has 9 heteroatoms. The molecule has 0 atom stereocenters. The van der Waals surface area contributed by atoms with E-state index in [0.717, 1.165) is 6.26 Å². The molecule has 0 bridgehead atoms. The Kier molecular flexibility index (Phi) is 7.82. The van der Waals surface area contributed by atoms with Gasteiger partial charge in [0.15, 0.2) is 32.9 Å². The molecular formula is C22H22O8S. The number of fused-ring (bicyclic) bond motifs is 1. The van der Waals surface area contributed by atoms with Crippen LogP contribution in [0.2, 0.25) is 0 Å². The average molecular weight is 446 g/mol. The van der Waals surface area contributed by atoms with E-state index in [9.17, 15) is 27.6 Å². The molecule has 0 saturated heterocycles. The van der Waals surface area contributed by atoms with Crippen LogP contribution in [0.25, 0.3) is 0 Å². The highest BCUT2D eigenvalue weighted by molar-refractivity contribution is 7.90. The summed E-state index contributed by atoms with van der Waals surface area (Å²) in [5, 5.41) is 0. The molecule has 0 unspecified atom stereocenters. The van der Waals surface area contributed by atoms with E-state index in [4.69, 9.17) is 9.47 Å². The lowest BCUT2D eigenvalue weighted by Gasteiger charge is -2.01. The van der Waals surface area contributed by atoms with Crippen LogP contribution in [0.4, 0.5) is 0 Å². The Morgan fingerprint density at radius 3 is 1.77 bits per heavy atom. The van der Waals surface area contributed by atoms with Gasteiger partial charge in [0.2, 0.25) is 6.79 Å². The number of hydrogen-bond acceptors (Lipinski definition) is 8. The van der Waals surface area contributed by atoms with Crippen molar-refractivity contribution < 1.29 is 37.1 Å². The molecule has 1 aliphatic rings. The van der Waals surface area contributed by atoms with E-state index in [1.165, 1.54) is 38.1 Å². The van der Waals surface area contributed by atoms with Crippen LogP contribution in [0.3, 0.4) is 0 Å². The van der Waals surface area contributed by atoms with E-state index in [2.05, 4.69) is 0 Å². The summed E-state index contributed by atoms with van der Waals surface area (Å²) in [6, 6.07) is 10.5. The van der Waals surface area contributed by atoms with Gasteiger partial charge in [-0.25, -0.2) is 8.42 Å². The molecule has 0 saturated carbocycles. The largest absolute Gasteiger partial charge is 0.454 e. The molecule has 0 radical (unpaired) electrons. The molecule has 3 rings (SSSR count). The Morgan fingerprint density at radius 1 is 0.774 bits per heavy atom. The second-order valence-corrected chi connectivity index (χ2v) is 8.98. The zero-order valence-electron chi connectivity index (χ0n) is 17.3. The lowest BCUT2D eigenvalue weighted by Crippen LogP contribution is -2.05. The van der Waals surface area contributed by atoms with Gasteiger partial charge in [0.25, 0.3) is 0 Å². The molecule has 0 spiro atoms. The van der Waals surface area contributed by atoms with Crippen molar-refractivity contribution in [3.05, 3.63) is 53.6 Å². The summed E-state index contributed by atoms with van der Waals surface area (Å²) in [4.78, 5) is 44.7. The van der Waals surface area contributed by atoms with Gasteiger partial charge in [-0.1, -0.05) is 12.1 Å². The fourth-order valence-electron chi connectivity index (χ4n) is 2.61. The van der Waals surface area contributed by atoms with Crippen molar-refractivity contribution in [3.8, 4) is 11.5 Å². The Morgan fingerprint density at radius 2 is 1.26 bits per heavy atom. The Bertz CT molecular complexity index is 1110. The number of ether oxygens (including phenoxy) is 2. The van der Waals surface area contributed by atoms with Crippen molar-refractivity contribution in [2.24, 2.45) is 0 Å². The fourth-order valence-corrected chi connectivity index (χ4v) is 3.24. The highest BCUT2D eigenvalue weighted by Crippen LogP contribution is 2.32. The van der Waals surface area contributed by atoms with Crippen LogP contribution >= 0.6 is 0 Å². The molecule has 164 valence electrons. The van der Waals surface area contributed by atoms with E-state index in [0.29, 0.717) is 22.6 Å². The van der Waals surface area contributed by atoms with Crippen molar-refractivity contribution >= 4 is 33.0 Å². The number of benzene rings is 2. The minimum Gasteiger partial charge on any atom is -0.454 e. The summed E-state index contributed by atoms with van der Waals surface area (Å²) >= 11 is 0. The maximum absolute atomic E-state index is 11.5. The summed E-state index contributed by atoms with van der Waals surface area (Å²) in [5.74, 6) is 0.349. The van der Waals surface area contributed by atoms with Gasteiger partial charge in [-0.3, -0.25) is 19.2 Å². The van der Waals surface area contributed by atoms with Crippen molar-refractivity contribution in [2.45, 2.75) is 31.6 Å².